The molecule has 1 fully saturated rings. The molecule has 6 nitrogen and oxygen atoms in total. The highest BCUT2D eigenvalue weighted by atomic mass is 32.2. The highest BCUT2D eigenvalue weighted by Gasteiger charge is 2.17. The number of carbonyl (C=O) groups excluding carboxylic acids is 1. The van der Waals surface area contributed by atoms with Gasteiger partial charge >= 0.3 is 0 Å². The van der Waals surface area contributed by atoms with Gasteiger partial charge in [-0.3, -0.25) is 9.52 Å². The van der Waals surface area contributed by atoms with Crippen molar-refractivity contribution in [3.05, 3.63) is 29.8 Å². The van der Waals surface area contributed by atoms with E-state index in [0.29, 0.717) is 24.3 Å². The lowest BCUT2D eigenvalue weighted by molar-refractivity contribution is 0.0736. The molecule has 1 aromatic carbocycles. The summed E-state index contributed by atoms with van der Waals surface area (Å²) in [6, 6.07) is 6.43. The molecule has 1 aromatic rings. The van der Waals surface area contributed by atoms with Crippen LogP contribution in [0, 0.1) is 0 Å². The van der Waals surface area contributed by atoms with Crippen molar-refractivity contribution in [2.75, 3.05) is 30.9 Å². The maximum atomic E-state index is 12.1. The Kier molecular flexibility index (Phi) is 4.16. The summed E-state index contributed by atoms with van der Waals surface area (Å²) in [6.45, 7) is 3.01. The molecular formula is C11H15N3O3S. The first kappa shape index (κ1) is 12.8. The Morgan fingerprint density at radius 3 is 2.33 bits per heavy atom. The first-order valence-corrected chi connectivity index (χ1v) is 6.85. The summed E-state index contributed by atoms with van der Waals surface area (Å²) in [6.07, 6.45) is 0. The Labute approximate surface area is 107 Å². The lowest BCUT2D eigenvalue weighted by atomic mass is 10.1. The van der Waals surface area contributed by atoms with Crippen LogP contribution in [-0.4, -0.2) is 45.4 Å². The fraction of sp³-hybridized carbons (Fsp3) is 0.364. The maximum Gasteiger partial charge on any atom is 0.253 e. The third-order valence-electron chi connectivity index (χ3n) is 2.76. The Bertz CT molecular complexity index is 485. The van der Waals surface area contributed by atoms with E-state index >= 15 is 0 Å². The number of nitrogens with zero attached hydrogens (tertiary/aromatic N) is 1. The summed E-state index contributed by atoms with van der Waals surface area (Å²) in [5.74, 6) is -0.0189. The highest BCUT2D eigenvalue weighted by Crippen LogP contribution is 2.11. The Morgan fingerprint density at radius 2 is 1.78 bits per heavy atom. The van der Waals surface area contributed by atoms with Gasteiger partial charge in [-0.1, -0.05) is 0 Å². The summed E-state index contributed by atoms with van der Waals surface area (Å²) in [4.78, 5) is 13.9. The van der Waals surface area contributed by atoms with Gasteiger partial charge in [-0.25, -0.2) is 8.42 Å². The van der Waals surface area contributed by atoms with E-state index in [9.17, 15) is 13.2 Å². The van der Waals surface area contributed by atoms with Gasteiger partial charge in [0.25, 0.3) is 5.91 Å². The number of hydrogen-bond acceptors (Lipinski definition) is 4. The highest BCUT2D eigenvalue weighted by molar-refractivity contribution is 7.73. The van der Waals surface area contributed by atoms with Crippen LogP contribution in [0.15, 0.2) is 24.3 Å². The molecule has 1 aliphatic heterocycles. The van der Waals surface area contributed by atoms with Crippen LogP contribution < -0.4 is 10.0 Å². The zero-order chi connectivity index (χ0) is 13.0. The van der Waals surface area contributed by atoms with E-state index in [4.69, 9.17) is 0 Å². The number of amides is 1. The summed E-state index contributed by atoms with van der Waals surface area (Å²) in [7, 11) is -2.67. The second-order valence-electron chi connectivity index (χ2n) is 3.99. The number of hydrogen-bond donors (Lipinski definition) is 3. The maximum absolute atomic E-state index is 12.1. The predicted molar refractivity (Wildman–Crippen MR) is 69.2 cm³/mol. The first-order valence-electron chi connectivity index (χ1n) is 5.68. The number of thiol groups is 1. The lowest BCUT2D eigenvalue weighted by Gasteiger charge is -2.27. The monoisotopic (exact) mass is 269 g/mol. The number of rotatable bonds is 3. The quantitative estimate of drug-likeness (QED) is 0.657. The van der Waals surface area contributed by atoms with Gasteiger partial charge in [0, 0.05) is 37.4 Å². The normalized spacial score (nSPS) is 15.7. The van der Waals surface area contributed by atoms with Crippen molar-refractivity contribution in [1.29, 1.82) is 0 Å². The topological polar surface area (TPSA) is 78.5 Å². The lowest BCUT2D eigenvalue weighted by Crippen LogP contribution is -2.46. The van der Waals surface area contributed by atoms with Crippen molar-refractivity contribution in [2.45, 2.75) is 0 Å². The molecule has 2 N–H and O–H groups in total. The van der Waals surface area contributed by atoms with Crippen molar-refractivity contribution in [3.63, 3.8) is 0 Å². The van der Waals surface area contributed by atoms with Gasteiger partial charge < -0.3 is 10.2 Å². The zero-order valence-corrected chi connectivity index (χ0v) is 10.7. The largest absolute Gasteiger partial charge is 0.336 e. The second-order valence-corrected chi connectivity index (χ2v) is 4.73. The molecular weight excluding hydrogens is 254 g/mol. The molecule has 1 aliphatic rings. The molecule has 98 valence electrons. The summed E-state index contributed by atoms with van der Waals surface area (Å²) >= 11 is 0. The van der Waals surface area contributed by atoms with Gasteiger partial charge in [-0.15, -0.1) is 0 Å². The molecule has 1 saturated heterocycles. The van der Waals surface area contributed by atoms with Crippen LogP contribution in [0.5, 0.6) is 0 Å². The van der Waals surface area contributed by atoms with E-state index in [-0.39, 0.29) is 5.91 Å². The molecule has 2 rings (SSSR count). The minimum absolute atomic E-state index is 0.0189. The average Bonchev–Trinajstić information content (AvgIpc) is 2.39. The van der Waals surface area contributed by atoms with Crippen molar-refractivity contribution in [2.24, 2.45) is 0 Å². The van der Waals surface area contributed by atoms with Gasteiger partial charge in [0.2, 0.25) is 10.9 Å². The van der Waals surface area contributed by atoms with Crippen molar-refractivity contribution in [1.82, 2.24) is 10.2 Å². The molecule has 18 heavy (non-hydrogen) atoms. The fourth-order valence-electron chi connectivity index (χ4n) is 1.84. The van der Waals surface area contributed by atoms with Gasteiger partial charge in [-0.05, 0) is 24.3 Å². The van der Waals surface area contributed by atoms with Crippen LogP contribution >= 0.6 is 0 Å². The molecule has 1 heterocycles. The molecule has 7 heteroatoms. The van der Waals surface area contributed by atoms with E-state index in [1.807, 2.05) is 0 Å². The van der Waals surface area contributed by atoms with Crippen LogP contribution in [0.1, 0.15) is 10.4 Å². The minimum Gasteiger partial charge on any atom is -0.336 e. The molecule has 0 aromatic heterocycles. The summed E-state index contributed by atoms with van der Waals surface area (Å²) in [5.41, 5.74) is 1.03. The molecule has 0 spiro atoms. The molecule has 0 atom stereocenters. The van der Waals surface area contributed by atoms with Crippen LogP contribution in [-0.2, 0) is 10.9 Å². The van der Waals surface area contributed by atoms with Crippen molar-refractivity contribution >= 4 is 22.5 Å². The predicted octanol–water partition coefficient (Wildman–Crippen LogP) is -0.330. The van der Waals surface area contributed by atoms with E-state index in [0.717, 1.165) is 13.1 Å². The third kappa shape index (κ3) is 3.21. The van der Waals surface area contributed by atoms with Crippen LogP contribution in [0.3, 0.4) is 0 Å². The van der Waals surface area contributed by atoms with Crippen LogP contribution in [0.2, 0.25) is 0 Å². The fourth-order valence-corrected chi connectivity index (χ4v) is 2.20. The zero-order valence-electron chi connectivity index (χ0n) is 9.76. The molecule has 1 amide bonds. The summed E-state index contributed by atoms with van der Waals surface area (Å²) in [5, 5.41) is 3.18. The number of piperazine rings is 1. The Hall–Kier alpha value is -1.60. The molecule has 0 aliphatic carbocycles. The van der Waals surface area contributed by atoms with E-state index in [1.54, 1.807) is 29.2 Å². The average molecular weight is 269 g/mol. The van der Waals surface area contributed by atoms with Gasteiger partial charge in [0.15, 0.2) is 0 Å². The number of anilines is 1. The standard InChI is InChI=1S/C11H15N3O3S/c15-11(14-7-5-12-6-8-14)9-1-3-10(4-2-9)13-18(16)17/h1-4,12,18H,5-8H2,(H,13,16,17). The molecule has 0 radical (unpaired) electrons. The SMILES string of the molecule is O=C(c1ccc(N[SH](=O)=O)cc1)N1CCNCC1. The number of carbonyl (C=O) groups is 1. The van der Waals surface area contributed by atoms with E-state index < -0.39 is 10.9 Å². The smallest absolute Gasteiger partial charge is 0.253 e. The van der Waals surface area contributed by atoms with Crippen molar-refractivity contribution in [3.8, 4) is 0 Å². The molecule has 0 saturated carbocycles. The third-order valence-corrected chi connectivity index (χ3v) is 3.20. The van der Waals surface area contributed by atoms with Gasteiger partial charge in [-0.2, -0.15) is 0 Å². The van der Waals surface area contributed by atoms with Gasteiger partial charge in [0.1, 0.15) is 0 Å². The van der Waals surface area contributed by atoms with E-state index in [1.165, 1.54) is 0 Å². The molecule has 0 bridgehead atoms. The van der Waals surface area contributed by atoms with E-state index in [2.05, 4.69) is 10.0 Å². The number of benzene rings is 1. The summed E-state index contributed by atoms with van der Waals surface area (Å²) < 4.78 is 23.2. The van der Waals surface area contributed by atoms with Crippen LogP contribution in [0.4, 0.5) is 5.69 Å². The minimum atomic E-state index is -2.67. The second kappa shape index (κ2) is 5.83. The van der Waals surface area contributed by atoms with Gasteiger partial charge in [0.05, 0.1) is 0 Å². The van der Waals surface area contributed by atoms with Crippen LogP contribution in [0.25, 0.3) is 0 Å². The Morgan fingerprint density at radius 1 is 1.17 bits per heavy atom. The van der Waals surface area contributed by atoms with Crippen molar-refractivity contribution < 1.29 is 13.2 Å². The molecule has 0 unspecified atom stereocenters. The Balaban J connectivity index is 2.06. The first-order chi connectivity index (χ1) is 8.66. The number of nitrogens with one attached hydrogen (secondary N) is 2.